The molecule has 4 atom stereocenters. The number of nitrogens with one attached hydrogen (secondary N) is 1. The Bertz CT molecular complexity index is 284. The lowest BCUT2D eigenvalue weighted by Gasteiger charge is -2.38. The Morgan fingerprint density at radius 2 is 1.71 bits per heavy atom. The van der Waals surface area contributed by atoms with Crippen LogP contribution in [0.25, 0.3) is 0 Å². The van der Waals surface area contributed by atoms with E-state index in [0.29, 0.717) is 12.1 Å². The number of hydrogen-bond donors (Lipinski definition) is 2. The monoisotopic (exact) mass is 296 g/mol. The zero-order valence-corrected chi connectivity index (χ0v) is 14.2. The molecule has 0 heterocycles. The SMILES string of the molecule is CCCNC1CCCCCC1CN(C)C1CCCCC1O. The van der Waals surface area contributed by atoms with Gasteiger partial charge >= 0.3 is 0 Å². The van der Waals surface area contributed by atoms with Crippen LogP contribution in [0.2, 0.25) is 0 Å². The van der Waals surface area contributed by atoms with Crippen LogP contribution in [-0.4, -0.2) is 48.3 Å². The van der Waals surface area contributed by atoms with Crippen LogP contribution in [0.5, 0.6) is 0 Å². The summed E-state index contributed by atoms with van der Waals surface area (Å²) in [4.78, 5) is 2.47. The van der Waals surface area contributed by atoms with Crippen molar-refractivity contribution in [1.29, 1.82) is 0 Å². The molecule has 2 saturated carbocycles. The molecule has 0 aromatic heterocycles. The van der Waals surface area contributed by atoms with Crippen LogP contribution < -0.4 is 5.32 Å². The second-order valence-electron chi connectivity index (χ2n) is 7.32. The molecular formula is C18H36N2O. The normalized spacial score (nSPS) is 34.9. The van der Waals surface area contributed by atoms with Crippen LogP contribution in [0.1, 0.15) is 71.1 Å². The summed E-state index contributed by atoms with van der Waals surface area (Å²) in [7, 11) is 2.24. The Morgan fingerprint density at radius 1 is 1.00 bits per heavy atom. The van der Waals surface area contributed by atoms with Gasteiger partial charge in [0, 0.05) is 18.6 Å². The van der Waals surface area contributed by atoms with Gasteiger partial charge in [-0.25, -0.2) is 0 Å². The van der Waals surface area contributed by atoms with Gasteiger partial charge < -0.3 is 15.3 Å². The molecule has 0 amide bonds. The lowest BCUT2D eigenvalue weighted by molar-refractivity contribution is 0.0224. The van der Waals surface area contributed by atoms with E-state index in [9.17, 15) is 5.11 Å². The molecule has 21 heavy (non-hydrogen) atoms. The molecule has 0 spiro atoms. The van der Waals surface area contributed by atoms with Crippen molar-refractivity contribution >= 4 is 0 Å². The van der Waals surface area contributed by atoms with Gasteiger partial charge in [-0.3, -0.25) is 0 Å². The Hall–Kier alpha value is -0.120. The highest BCUT2D eigenvalue weighted by Gasteiger charge is 2.30. The largest absolute Gasteiger partial charge is 0.391 e. The number of aliphatic hydroxyl groups is 1. The van der Waals surface area contributed by atoms with E-state index in [4.69, 9.17) is 0 Å². The third kappa shape index (κ3) is 5.22. The first-order chi connectivity index (χ1) is 10.2. The van der Waals surface area contributed by atoms with E-state index in [2.05, 4.69) is 24.2 Å². The quantitative estimate of drug-likeness (QED) is 0.739. The van der Waals surface area contributed by atoms with E-state index < -0.39 is 0 Å². The first-order valence-corrected chi connectivity index (χ1v) is 9.34. The van der Waals surface area contributed by atoms with Gasteiger partial charge in [-0.15, -0.1) is 0 Å². The van der Waals surface area contributed by atoms with Crippen LogP contribution in [0, 0.1) is 5.92 Å². The van der Waals surface area contributed by atoms with E-state index >= 15 is 0 Å². The number of nitrogens with zero attached hydrogens (tertiary/aromatic N) is 1. The van der Waals surface area contributed by atoms with Crippen molar-refractivity contribution in [3.8, 4) is 0 Å². The van der Waals surface area contributed by atoms with Gasteiger partial charge in [-0.2, -0.15) is 0 Å². The summed E-state index contributed by atoms with van der Waals surface area (Å²) < 4.78 is 0. The minimum Gasteiger partial charge on any atom is -0.391 e. The highest BCUT2D eigenvalue weighted by atomic mass is 16.3. The molecule has 2 N–H and O–H groups in total. The van der Waals surface area contributed by atoms with Gasteiger partial charge in [0.1, 0.15) is 0 Å². The van der Waals surface area contributed by atoms with Crippen LogP contribution in [0.4, 0.5) is 0 Å². The molecule has 3 nitrogen and oxygen atoms in total. The van der Waals surface area contributed by atoms with Crippen molar-refractivity contribution in [2.24, 2.45) is 5.92 Å². The standard InChI is InChI=1S/C18H36N2O/c1-3-13-19-16-10-6-4-5-9-15(16)14-20(2)17-11-7-8-12-18(17)21/h15-19,21H,3-14H2,1-2H3. The Kier molecular flexibility index (Phi) is 7.48. The van der Waals surface area contributed by atoms with Crippen molar-refractivity contribution in [2.45, 2.75) is 89.3 Å². The van der Waals surface area contributed by atoms with Crippen molar-refractivity contribution in [2.75, 3.05) is 20.1 Å². The fraction of sp³-hybridized carbons (Fsp3) is 1.00. The lowest BCUT2D eigenvalue weighted by atomic mass is 9.89. The van der Waals surface area contributed by atoms with E-state index in [-0.39, 0.29) is 6.10 Å². The molecule has 3 heteroatoms. The summed E-state index contributed by atoms with van der Waals surface area (Å²) in [6, 6.07) is 1.09. The van der Waals surface area contributed by atoms with Crippen LogP contribution in [0.3, 0.4) is 0 Å². The lowest BCUT2D eigenvalue weighted by Crippen LogP contribution is -2.48. The van der Waals surface area contributed by atoms with Gasteiger partial charge in [0.15, 0.2) is 0 Å². The molecule has 0 aliphatic heterocycles. The Morgan fingerprint density at radius 3 is 2.48 bits per heavy atom. The third-order valence-electron chi connectivity index (χ3n) is 5.60. The maximum atomic E-state index is 10.3. The first-order valence-electron chi connectivity index (χ1n) is 9.34. The summed E-state index contributed by atoms with van der Waals surface area (Å²) in [5, 5.41) is 14.1. The number of rotatable bonds is 6. The average molecular weight is 296 g/mol. The van der Waals surface area contributed by atoms with Crippen LogP contribution >= 0.6 is 0 Å². The molecule has 2 fully saturated rings. The summed E-state index contributed by atoms with van der Waals surface area (Å²) in [5.74, 6) is 0.762. The van der Waals surface area contributed by atoms with Crippen molar-refractivity contribution in [1.82, 2.24) is 10.2 Å². The smallest absolute Gasteiger partial charge is 0.0695 e. The molecule has 2 aliphatic carbocycles. The average Bonchev–Trinajstić information content (AvgIpc) is 2.71. The highest BCUT2D eigenvalue weighted by Crippen LogP contribution is 2.27. The predicted octanol–water partition coefficient (Wildman–Crippen LogP) is 3.17. The third-order valence-corrected chi connectivity index (χ3v) is 5.60. The van der Waals surface area contributed by atoms with Gasteiger partial charge in [0.05, 0.1) is 6.10 Å². The van der Waals surface area contributed by atoms with E-state index in [0.717, 1.165) is 25.4 Å². The molecule has 4 unspecified atom stereocenters. The molecule has 0 radical (unpaired) electrons. The molecule has 0 aromatic carbocycles. The van der Waals surface area contributed by atoms with E-state index in [1.54, 1.807) is 0 Å². The van der Waals surface area contributed by atoms with Crippen LogP contribution in [0.15, 0.2) is 0 Å². The summed E-state index contributed by atoms with van der Waals surface area (Å²) in [6.45, 7) is 4.56. The maximum Gasteiger partial charge on any atom is 0.0695 e. The van der Waals surface area contributed by atoms with Crippen molar-refractivity contribution < 1.29 is 5.11 Å². The second-order valence-corrected chi connectivity index (χ2v) is 7.32. The number of hydrogen-bond acceptors (Lipinski definition) is 3. The predicted molar refractivity (Wildman–Crippen MR) is 89.5 cm³/mol. The summed E-state index contributed by atoms with van der Waals surface area (Å²) in [6.07, 6.45) is 12.6. The second kappa shape index (κ2) is 9.12. The Balaban J connectivity index is 1.89. The summed E-state index contributed by atoms with van der Waals surface area (Å²) in [5.41, 5.74) is 0. The van der Waals surface area contributed by atoms with Crippen molar-refractivity contribution in [3.63, 3.8) is 0 Å². The fourth-order valence-corrected chi connectivity index (χ4v) is 4.31. The minimum absolute atomic E-state index is 0.100. The fourth-order valence-electron chi connectivity index (χ4n) is 4.31. The van der Waals surface area contributed by atoms with Gasteiger partial charge in [0.25, 0.3) is 0 Å². The van der Waals surface area contributed by atoms with Gasteiger partial charge in [-0.1, -0.05) is 39.0 Å². The van der Waals surface area contributed by atoms with Crippen LogP contribution in [-0.2, 0) is 0 Å². The van der Waals surface area contributed by atoms with E-state index in [1.165, 1.54) is 57.8 Å². The summed E-state index contributed by atoms with van der Waals surface area (Å²) >= 11 is 0. The zero-order chi connectivity index (χ0) is 15.1. The molecule has 2 rings (SSSR count). The molecule has 124 valence electrons. The zero-order valence-electron chi connectivity index (χ0n) is 14.2. The number of aliphatic hydroxyl groups excluding tert-OH is 1. The molecule has 0 saturated heterocycles. The first kappa shape index (κ1) is 17.2. The molecule has 2 aliphatic rings. The van der Waals surface area contributed by atoms with Gasteiger partial charge in [-0.05, 0) is 51.6 Å². The molecule has 0 bridgehead atoms. The van der Waals surface area contributed by atoms with Crippen molar-refractivity contribution in [3.05, 3.63) is 0 Å². The highest BCUT2D eigenvalue weighted by molar-refractivity contribution is 4.86. The Labute approximate surface area is 131 Å². The number of likely N-dealkylation sites (N-methyl/N-ethyl adjacent to an activating group) is 1. The minimum atomic E-state index is -0.100. The topological polar surface area (TPSA) is 35.5 Å². The molecular weight excluding hydrogens is 260 g/mol. The maximum absolute atomic E-state index is 10.3. The van der Waals surface area contributed by atoms with E-state index in [1.807, 2.05) is 0 Å². The van der Waals surface area contributed by atoms with Gasteiger partial charge in [0.2, 0.25) is 0 Å². The molecule has 0 aromatic rings.